The van der Waals surface area contributed by atoms with E-state index in [0.717, 1.165) is 34.5 Å². The normalized spacial score (nSPS) is 13.4. The Hall–Kier alpha value is -4.66. The lowest BCUT2D eigenvalue weighted by Gasteiger charge is -2.23. The Labute approximate surface area is 208 Å². The lowest BCUT2D eigenvalue weighted by atomic mass is 9.96. The van der Waals surface area contributed by atoms with E-state index in [1.165, 1.54) is 15.6 Å². The first-order chi connectivity index (χ1) is 17.4. The number of hydrogen-bond donors (Lipinski definition) is 1. The number of carbonyl (C=O) groups is 2. The fourth-order valence-corrected chi connectivity index (χ4v) is 4.66. The predicted molar refractivity (Wildman–Crippen MR) is 139 cm³/mol. The maximum atomic E-state index is 13.4. The van der Waals surface area contributed by atoms with Gasteiger partial charge in [0, 0.05) is 37.1 Å². The molecular weight excluding hydrogens is 456 g/mol. The molecule has 3 aromatic carbocycles. The molecule has 5 rings (SSSR count). The summed E-state index contributed by atoms with van der Waals surface area (Å²) >= 11 is 0. The second-order valence-electron chi connectivity index (χ2n) is 8.61. The van der Waals surface area contributed by atoms with Gasteiger partial charge in [-0.15, -0.1) is 0 Å². The van der Waals surface area contributed by atoms with Crippen molar-refractivity contribution in [3.05, 3.63) is 94.7 Å². The minimum atomic E-state index is -0.527. The highest BCUT2D eigenvalue weighted by molar-refractivity contribution is 6.07. The number of carbonyl (C=O) groups excluding carboxylic acids is 2. The Bertz CT molecular complexity index is 1520. The van der Waals surface area contributed by atoms with E-state index in [4.69, 9.17) is 5.73 Å². The van der Waals surface area contributed by atoms with Crippen LogP contribution in [0.5, 0.6) is 0 Å². The number of anilines is 2. The number of aryl methyl sites for hydroxylation is 1. The molecule has 1 saturated heterocycles. The van der Waals surface area contributed by atoms with Crippen LogP contribution >= 0.6 is 0 Å². The third-order valence-corrected chi connectivity index (χ3v) is 6.53. The maximum absolute atomic E-state index is 13.4. The summed E-state index contributed by atoms with van der Waals surface area (Å²) in [5.41, 5.74) is 10.9. The molecule has 36 heavy (non-hydrogen) atoms. The van der Waals surface area contributed by atoms with Crippen LogP contribution in [-0.4, -0.2) is 39.4 Å². The van der Waals surface area contributed by atoms with Crippen LogP contribution in [0.1, 0.15) is 22.8 Å². The van der Waals surface area contributed by atoms with Gasteiger partial charge in [0.1, 0.15) is 6.33 Å². The van der Waals surface area contributed by atoms with Crippen LogP contribution in [0.15, 0.2) is 77.9 Å². The first-order valence-corrected chi connectivity index (χ1v) is 11.7. The second kappa shape index (κ2) is 9.18. The molecule has 182 valence electrons. The highest BCUT2D eigenvalue weighted by Gasteiger charge is 2.32. The predicted octanol–water partition coefficient (Wildman–Crippen LogP) is 3.35. The Morgan fingerprint density at radius 1 is 0.944 bits per heavy atom. The summed E-state index contributed by atoms with van der Waals surface area (Å²) in [4.78, 5) is 40.7. The number of hydrogen-bond acceptors (Lipinski definition) is 4. The van der Waals surface area contributed by atoms with E-state index in [1.54, 1.807) is 41.1 Å². The van der Waals surface area contributed by atoms with Gasteiger partial charge in [0.05, 0.1) is 5.69 Å². The SMILES string of the molecule is CCc1c(-c2ccc(-n3cnn(C)c3=O)cc2)cccc1N1CCN(c2cccc(C(N)=O)c2)C1=O. The molecule has 9 heteroatoms. The summed E-state index contributed by atoms with van der Waals surface area (Å²) in [6.07, 6.45) is 2.23. The Kier molecular flexibility index (Phi) is 5.89. The minimum Gasteiger partial charge on any atom is -0.366 e. The number of benzene rings is 3. The molecule has 1 aromatic heterocycles. The van der Waals surface area contributed by atoms with Gasteiger partial charge in [-0.05, 0) is 59.5 Å². The van der Waals surface area contributed by atoms with Crippen molar-refractivity contribution >= 4 is 23.3 Å². The standard InChI is InChI=1S/C27H26N6O3/c1-3-22-23(18-10-12-20(13-11-18)33-17-29-30(2)26(33)35)8-5-9-24(22)32-15-14-31(27(32)36)21-7-4-6-19(16-21)25(28)34/h4-13,16-17H,3,14-15H2,1-2H3,(H2,28,34). The van der Waals surface area contributed by atoms with Crippen LogP contribution in [0, 0.1) is 0 Å². The third-order valence-electron chi connectivity index (χ3n) is 6.53. The van der Waals surface area contributed by atoms with Crippen molar-refractivity contribution < 1.29 is 9.59 Å². The molecule has 1 aliphatic rings. The van der Waals surface area contributed by atoms with Gasteiger partial charge in [0.2, 0.25) is 5.91 Å². The Balaban J connectivity index is 1.46. The largest absolute Gasteiger partial charge is 0.366 e. The second-order valence-corrected chi connectivity index (χ2v) is 8.61. The van der Waals surface area contributed by atoms with Crippen LogP contribution in [0.4, 0.5) is 16.2 Å². The number of urea groups is 1. The molecule has 0 aliphatic carbocycles. The topological polar surface area (TPSA) is 106 Å². The first kappa shape index (κ1) is 23.1. The molecular formula is C27H26N6O3. The van der Waals surface area contributed by atoms with Crippen molar-refractivity contribution in [2.45, 2.75) is 13.3 Å². The monoisotopic (exact) mass is 482 g/mol. The zero-order chi connectivity index (χ0) is 25.4. The Morgan fingerprint density at radius 3 is 2.33 bits per heavy atom. The number of aromatic nitrogens is 3. The van der Waals surface area contributed by atoms with Crippen molar-refractivity contribution in [2.24, 2.45) is 12.8 Å². The molecule has 0 atom stereocenters. The molecule has 0 unspecified atom stereocenters. The summed E-state index contributed by atoms with van der Waals surface area (Å²) in [5, 5.41) is 4.01. The van der Waals surface area contributed by atoms with Crippen molar-refractivity contribution in [3.63, 3.8) is 0 Å². The maximum Gasteiger partial charge on any atom is 0.350 e. The first-order valence-electron chi connectivity index (χ1n) is 11.7. The third kappa shape index (κ3) is 3.94. The number of nitrogens with zero attached hydrogens (tertiary/aromatic N) is 5. The zero-order valence-electron chi connectivity index (χ0n) is 20.1. The van der Waals surface area contributed by atoms with Gasteiger partial charge in [-0.25, -0.2) is 18.8 Å². The van der Waals surface area contributed by atoms with Crippen LogP contribution in [0.25, 0.3) is 16.8 Å². The van der Waals surface area contributed by atoms with E-state index < -0.39 is 5.91 Å². The zero-order valence-corrected chi connectivity index (χ0v) is 20.1. The summed E-state index contributed by atoms with van der Waals surface area (Å²) in [6, 6.07) is 20.4. The number of amides is 3. The van der Waals surface area contributed by atoms with Gasteiger partial charge >= 0.3 is 11.7 Å². The fraction of sp³-hybridized carbons (Fsp3) is 0.185. The van der Waals surface area contributed by atoms with Crippen molar-refractivity contribution in [1.82, 2.24) is 14.3 Å². The van der Waals surface area contributed by atoms with Crippen LogP contribution < -0.4 is 21.2 Å². The van der Waals surface area contributed by atoms with E-state index in [2.05, 4.69) is 12.0 Å². The van der Waals surface area contributed by atoms with Crippen LogP contribution in [0.3, 0.4) is 0 Å². The average Bonchev–Trinajstić information content (AvgIpc) is 3.45. The summed E-state index contributed by atoms with van der Waals surface area (Å²) in [7, 11) is 1.61. The summed E-state index contributed by atoms with van der Waals surface area (Å²) < 4.78 is 2.78. The van der Waals surface area contributed by atoms with E-state index in [-0.39, 0.29) is 11.7 Å². The van der Waals surface area contributed by atoms with Crippen LogP contribution in [-0.2, 0) is 13.5 Å². The van der Waals surface area contributed by atoms with Gasteiger partial charge in [0.25, 0.3) is 0 Å². The molecule has 2 N–H and O–H groups in total. The lowest BCUT2D eigenvalue weighted by molar-refractivity contribution is 0.1000. The van der Waals surface area contributed by atoms with Gasteiger partial charge in [-0.1, -0.05) is 37.3 Å². The molecule has 4 aromatic rings. The highest BCUT2D eigenvalue weighted by atomic mass is 16.2. The smallest absolute Gasteiger partial charge is 0.350 e. The molecule has 0 bridgehead atoms. The quantitative estimate of drug-likeness (QED) is 0.455. The molecule has 2 heterocycles. The van der Waals surface area contributed by atoms with Gasteiger partial charge < -0.3 is 5.73 Å². The van der Waals surface area contributed by atoms with E-state index in [9.17, 15) is 14.4 Å². The number of nitrogens with two attached hydrogens (primary N) is 1. The van der Waals surface area contributed by atoms with Crippen molar-refractivity contribution in [2.75, 3.05) is 22.9 Å². The number of rotatable bonds is 6. The fourth-order valence-electron chi connectivity index (χ4n) is 4.66. The average molecular weight is 483 g/mol. The molecule has 3 amide bonds. The van der Waals surface area contributed by atoms with E-state index in [1.807, 2.05) is 42.5 Å². The molecule has 1 fully saturated rings. The summed E-state index contributed by atoms with van der Waals surface area (Å²) in [5.74, 6) is -0.527. The van der Waals surface area contributed by atoms with E-state index >= 15 is 0 Å². The molecule has 0 radical (unpaired) electrons. The summed E-state index contributed by atoms with van der Waals surface area (Å²) in [6.45, 7) is 3.10. The van der Waals surface area contributed by atoms with Gasteiger partial charge in [-0.3, -0.25) is 14.6 Å². The van der Waals surface area contributed by atoms with Gasteiger partial charge in [-0.2, -0.15) is 5.10 Å². The molecule has 1 aliphatic heterocycles. The highest BCUT2D eigenvalue weighted by Crippen LogP contribution is 2.35. The molecule has 0 saturated carbocycles. The van der Waals surface area contributed by atoms with E-state index in [0.29, 0.717) is 24.3 Å². The Morgan fingerprint density at radius 2 is 1.67 bits per heavy atom. The van der Waals surface area contributed by atoms with Crippen LogP contribution in [0.2, 0.25) is 0 Å². The van der Waals surface area contributed by atoms with Crippen molar-refractivity contribution in [3.8, 4) is 16.8 Å². The lowest BCUT2D eigenvalue weighted by Crippen LogP contribution is -2.32. The minimum absolute atomic E-state index is 0.144. The number of primary amides is 1. The van der Waals surface area contributed by atoms with Crippen molar-refractivity contribution in [1.29, 1.82) is 0 Å². The molecule has 9 nitrogen and oxygen atoms in total. The van der Waals surface area contributed by atoms with Gasteiger partial charge in [0.15, 0.2) is 0 Å². The molecule has 0 spiro atoms.